The molecule has 8 rings (SSSR count). The molecule has 1 N–H and O–H groups in total. The fraction of sp³-hybridized carbons (Fsp3) is 0.108. The third-order valence-electron chi connectivity index (χ3n) is 8.25. The Hall–Kier alpha value is -5.29. The number of hydrogen-bond acceptors (Lipinski definition) is 5. The highest BCUT2D eigenvalue weighted by Crippen LogP contribution is 2.44. The summed E-state index contributed by atoms with van der Waals surface area (Å²) in [5, 5.41) is 8.09. The van der Waals surface area contributed by atoms with Gasteiger partial charge >= 0.3 is 0 Å². The summed E-state index contributed by atoms with van der Waals surface area (Å²) >= 11 is 0. The molecular weight excluding hydrogens is 516 g/mol. The maximum atomic E-state index is 6.41. The van der Waals surface area contributed by atoms with Crippen LogP contribution in [0.3, 0.4) is 0 Å². The van der Waals surface area contributed by atoms with Crippen LogP contribution in [0.4, 0.5) is 5.69 Å². The minimum absolute atomic E-state index is 0.208. The lowest BCUT2D eigenvalue weighted by molar-refractivity contribution is 0.262. The highest BCUT2D eigenvalue weighted by molar-refractivity contribution is 5.96. The molecule has 5 aromatic carbocycles. The van der Waals surface area contributed by atoms with Crippen LogP contribution in [0.25, 0.3) is 45.7 Å². The van der Waals surface area contributed by atoms with Gasteiger partial charge in [0.1, 0.15) is 5.82 Å². The maximum Gasteiger partial charge on any atom is 0.196 e. The topological polar surface area (TPSA) is 59.9 Å². The molecule has 1 aliphatic carbocycles. The van der Waals surface area contributed by atoms with Crippen molar-refractivity contribution in [3.63, 3.8) is 0 Å². The Balaban J connectivity index is 1.23. The van der Waals surface area contributed by atoms with E-state index in [0.717, 1.165) is 51.1 Å². The van der Waals surface area contributed by atoms with Gasteiger partial charge in [-0.15, -0.1) is 0 Å². The van der Waals surface area contributed by atoms with E-state index in [9.17, 15) is 0 Å². The molecule has 0 radical (unpaired) electrons. The van der Waals surface area contributed by atoms with E-state index >= 15 is 0 Å². The van der Waals surface area contributed by atoms with Gasteiger partial charge in [0.05, 0.1) is 5.69 Å². The van der Waals surface area contributed by atoms with E-state index in [-0.39, 0.29) is 11.6 Å². The fourth-order valence-corrected chi connectivity index (χ4v) is 5.93. The molecule has 0 spiro atoms. The molecule has 1 aliphatic heterocycles. The van der Waals surface area contributed by atoms with E-state index in [1.807, 2.05) is 36.4 Å². The van der Waals surface area contributed by atoms with Crippen LogP contribution in [-0.4, -0.2) is 15.0 Å². The minimum atomic E-state index is -0.362. The molecule has 0 bridgehead atoms. The average Bonchev–Trinajstić information content (AvgIpc) is 3.50. The Labute approximate surface area is 243 Å². The fourth-order valence-electron chi connectivity index (χ4n) is 5.93. The van der Waals surface area contributed by atoms with Crippen LogP contribution in [-0.2, 0) is 5.41 Å². The monoisotopic (exact) mass is 544 g/mol. The number of benzene rings is 5. The van der Waals surface area contributed by atoms with Crippen molar-refractivity contribution >= 4 is 28.6 Å². The first kappa shape index (κ1) is 24.5. The van der Waals surface area contributed by atoms with Crippen molar-refractivity contribution in [2.75, 3.05) is 5.32 Å². The van der Waals surface area contributed by atoms with Gasteiger partial charge in [-0.3, -0.25) is 0 Å². The molecule has 5 nitrogen and oxygen atoms in total. The van der Waals surface area contributed by atoms with Crippen LogP contribution in [0, 0.1) is 0 Å². The molecule has 1 aromatic heterocycles. The van der Waals surface area contributed by atoms with Gasteiger partial charge in [-0.25, -0.2) is 15.0 Å². The standard InChI is InChI=1S/C37H28N4O/c1-37(21-20-24-10-8-9-15-29(24)23-37)36-40-33(25-11-4-2-5-12-25)39-34(41-36)28-16-18-30-27(22-28)17-19-31-32(30)42-35(38-31)26-13-6-3-7-14-26/h2-20,22-23,35,38H,21H2,1H3. The summed E-state index contributed by atoms with van der Waals surface area (Å²) < 4.78 is 6.41. The van der Waals surface area contributed by atoms with Crippen molar-refractivity contribution in [2.24, 2.45) is 0 Å². The van der Waals surface area contributed by atoms with Crippen molar-refractivity contribution in [1.82, 2.24) is 15.0 Å². The third-order valence-corrected chi connectivity index (χ3v) is 8.25. The quantitative estimate of drug-likeness (QED) is 0.265. The number of anilines is 1. The van der Waals surface area contributed by atoms with E-state index in [0.29, 0.717) is 11.6 Å². The molecule has 202 valence electrons. The second-order valence-corrected chi connectivity index (χ2v) is 11.2. The summed E-state index contributed by atoms with van der Waals surface area (Å²) in [7, 11) is 0. The van der Waals surface area contributed by atoms with E-state index in [2.05, 4.69) is 103 Å². The Kier molecular flexibility index (Phi) is 5.64. The molecule has 0 fully saturated rings. The predicted octanol–water partition coefficient (Wildman–Crippen LogP) is 6.78. The zero-order valence-electron chi connectivity index (χ0n) is 23.2. The number of nitrogens with one attached hydrogen (secondary N) is 1. The predicted molar refractivity (Wildman–Crippen MR) is 168 cm³/mol. The number of fused-ring (bicyclic) bond motifs is 4. The first-order chi connectivity index (χ1) is 20.6. The Morgan fingerprint density at radius 2 is 1.43 bits per heavy atom. The number of rotatable bonds is 4. The second-order valence-electron chi connectivity index (χ2n) is 11.2. The van der Waals surface area contributed by atoms with Crippen molar-refractivity contribution in [3.8, 4) is 28.5 Å². The van der Waals surface area contributed by atoms with E-state index < -0.39 is 0 Å². The van der Waals surface area contributed by atoms with E-state index in [1.54, 1.807) is 0 Å². The van der Waals surface area contributed by atoms with Crippen molar-refractivity contribution in [1.29, 1.82) is 0 Å². The molecule has 2 atom stereocenters. The first-order valence-electron chi connectivity index (χ1n) is 14.3. The molecule has 6 aromatic rings. The van der Waals surface area contributed by atoms with Gasteiger partial charge in [0.2, 0.25) is 0 Å². The number of aromatic nitrogens is 3. The molecular formula is C37H28N4O. The van der Waals surface area contributed by atoms with Crippen LogP contribution in [0.2, 0.25) is 0 Å². The Morgan fingerprint density at radius 3 is 2.24 bits per heavy atom. The van der Waals surface area contributed by atoms with Crippen molar-refractivity contribution in [2.45, 2.75) is 25.0 Å². The molecule has 5 heteroatoms. The van der Waals surface area contributed by atoms with Gasteiger partial charge in [0, 0.05) is 27.5 Å². The van der Waals surface area contributed by atoms with Gasteiger partial charge in [0.15, 0.2) is 23.6 Å². The van der Waals surface area contributed by atoms with Crippen LogP contribution in [0.1, 0.15) is 31.0 Å². The van der Waals surface area contributed by atoms with Gasteiger partial charge in [-0.1, -0.05) is 109 Å². The zero-order chi connectivity index (χ0) is 28.1. The minimum Gasteiger partial charge on any atom is -0.464 e. The molecule has 0 amide bonds. The van der Waals surface area contributed by atoms with Crippen LogP contribution < -0.4 is 20.5 Å². The molecule has 42 heavy (non-hydrogen) atoms. The Morgan fingerprint density at radius 1 is 0.714 bits per heavy atom. The van der Waals surface area contributed by atoms with Gasteiger partial charge in [0.25, 0.3) is 0 Å². The van der Waals surface area contributed by atoms with Gasteiger partial charge in [-0.05, 0) is 47.4 Å². The molecule has 2 unspecified atom stereocenters. The summed E-state index contributed by atoms with van der Waals surface area (Å²) in [4.78, 5) is 15.1. The Bertz CT molecular complexity index is 2090. The maximum absolute atomic E-state index is 6.41. The summed E-state index contributed by atoms with van der Waals surface area (Å²) in [6, 6.07) is 39.4. The van der Waals surface area contributed by atoms with Crippen LogP contribution >= 0.6 is 0 Å². The summed E-state index contributed by atoms with van der Waals surface area (Å²) in [6.07, 6.45) is 5.20. The largest absolute Gasteiger partial charge is 0.464 e. The second kappa shape index (κ2) is 9.67. The molecule has 0 saturated carbocycles. The number of hydrogen-bond donors (Lipinski definition) is 1. The van der Waals surface area contributed by atoms with Crippen LogP contribution in [0.15, 0.2) is 115 Å². The van der Waals surface area contributed by atoms with E-state index in [4.69, 9.17) is 19.7 Å². The van der Waals surface area contributed by atoms with Crippen molar-refractivity contribution in [3.05, 3.63) is 137 Å². The van der Waals surface area contributed by atoms with E-state index in [1.165, 1.54) is 10.4 Å². The first-order valence-corrected chi connectivity index (χ1v) is 14.3. The summed E-state index contributed by atoms with van der Waals surface area (Å²) in [6.45, 7) is 2.21. The van der Waals surface area contributed by atoms with Crippen LogP contribution in [0.5, 0.6) is 5.75 Å². The van der Waals surface area contributed by atoms with Gasteiger partial charge < -0.3 is 10.1 Å². The highest BCUT2D eigenvalue weighted by atomic mass is 16.5. The third kappa shape index (κ3) is 4.22. The molecule has 2 heterocycles. The number of nitrogens with zero attached hydrogens (tertiary/aromatic N) is 3. The SMILES string of the molecule is CC1(c2nc(-c3ccccc3)nc(-c3ccc4c5c(ccc4c3)NC(c3ccccc3)O5)n2)C=c2ccccc2=CC1. The lowest BCUT2D eigenvalue weighted by Crippen LogP contribution is -2.35. The van der Waals surface area contributed by atoms with Crippen molar-refractivity contribution < 1.29 is 4.74 Å². The molecule has 2 aliphatic rings. The summed E-state index contributed by atoms with van der Waals surface area (Å²) in [5.41, 5.74) is 3.64. The molecule has 0 saturated heterocycles. The zero-order valence-corrected chi connectivity index (χ0v) is 23.2. The normalized spacial score (nSPS) is 18.6. The smallest absolute Gasteiger partial charge is 0.196 e. The van der Waals surface area contributed by atoms with Gasteiger partial charge in [-0.2, -0.15) is 0 Å². The summed E-state index contributed by atoms with van der Waals surface area (Å²) in [5.74, 6) is 2.98. The lowest BCUT2D eigenvalue weighted by atomic mass is 9.81. The number of ether oxygens (including phenoxy) is 1. The average molecular weight is 545 g/mol. The lowest BCUT2D eigenvalue weighted by Gasteiger charge is -2.26. The highest BCUT2D eigenvalue weighted by Gasteiger charge is 2.30.